The lowest BCUT2D eigenvalue weighted by atomic mass is 10.2. The van der Waals surface area contributed by atoms with E-state index in [0.717, 1.165) is 0 Å². The molecule has 0 aromatic heterocycles. The average Bonchev–Trinajstić information content (AvgIpc) is 2.70. The third kappa shape index (κ3) is 6.39. The van der Waals surface area contributed by atoms with Gasteiger partial charge < -0.3 is 24.0 Å². The number of amides is 2. The molecule has 0 bridgehead atoms. The van der Waals surface area contributed by atoms with Crippen LogP contribution in [0.5, 0.6) is 11.5 Å². The summed E-state index contributed by atoms with van der Waals surface area (Å²) in [6, 6.07) is 3.32. The molecule has 2 amide bonds. The van der Waals surface area contributed by atoms with Gasteiger partial charge in [0.1, 0.15) is 0 Å². The molecule has 0 radical (unpaired) electrons. The highest BCUT2D eigenvalue weighted by Crippen LogP contribution is 2.36. The van der Waals surface area contributed by atoms with Gasteiger partial charge in [0.05, 0.1) is 18.7 Å². The number of hydrogen-bond acceptors (Lipinski definition) is 6. The molecule has 158 valence electrons. The van der Waals surface area contributed by atoms with E-state index in [1.807, 2.05) is 6.92 Å². The minimum Gasteiger partial charge on any atom is -0.491 e. The van der Waals surface area contributed by atoms with E-state index >= 15 is 0 Å². The lowest BCUT2D eigenvalue weighted by Gasteiger charge is -2.34. The zero-order chi connectivity index (χ0) is 21.4. The fourth-order valence-electron chi connectivity index (χ4n) is 2.85. The van der Waals surface area contributed by atoms with Gasteiger partial charge in [0.15, 0.2) is 18.1 Å². The van der Waals surface area contributed by atoms with Crippen LogP contribution in [0, 0.1) is 0 Å². The molecule has 1 aliphatic rings. The number of halogens is 1. The topological polar surface area (TPSA) is 85.4 Å². The molecular formula is C20H25ClN2O6. The molecule has 0 spiro atoms. The van der Waals surface area contributed by atoms with Gasteiger partial charge in [-0.2, -0.15) is 0 Å². The Labute approximate surface area is 174 Å². The van der Waals surface area contributed by atoms with Gasteiger partial charge in [0.2, 0.25) is 5.91 Å². The molecule has 1 aromatic carbocycles. The zero-order valence-electron chi connectivity index (χ0n) is 16.8. The average molecular weight is 425 g/mol. The first-order chi connectivity index (χ1) is 13.8. The van der Waals surface area contributed by atoms with Crippen molar-refractivity contribution in [2.45, 2.75) is 13.8 Å². The Balaban J connectivity index is 1.88. The van der Waals surface area contributed by atoms with Gasteiger partial charge in [-0.05, 0) is 30.7 Å². The molecule has 1 aromatic rings. The second-order valence-electron chi connectivity index (χ2n) is 6.30. The van der Waals surface area contributed by atoms with Crippen LogP contribution in [0.15, 0.2) is 18.2 Å². The van der Waals surface area contributed by atoms with Gasteiger partial charge in [0, 0.05) is 39.2 Å². The van der Waals surface area contributed by atoms with Crippen LogP contribution in [0.3, 0.4) is 0 Å². The molecule has 29 heavy (non-hydrogen) atoms. The van der Waals surface area contributed by atoms with E-state index < -0.39 is 5.97 Å². The van der Waals surface area contributed by atoms with Gasteiger partial charge in [0.25, 0.3) is 5.91 Å². The van der Waals surface area contributed by atoms with Crippen LogP contribution in [0.1, 0.15) is 19.4 Å². The molecule has 1 saturated heterocycles. The SMILES string of the molecule is CCOc1cc(/C=C/C(=O)OCC(=O)N2CCN(C(C)=O)CC2)cc(Cl)c1OC. The smallest absolute Gasteiger partial charge is 0.331 e. The van der Waals surface area contributed by atoms with Crippen LogP contribution < -0.4 is 9.47 Å². The van der Waals surface area contributed by atoms with Crippen molar-refractivity contribution in [3.05, 3.63) is 28.8 Å². The zero-order valence-corrected chi connectivity index (χ0v) is 17.5. The number of methoxy groups -OCH3 is 1. The van der Waals surface area contributed by atoms with Gasteiger partial charge in [-0.1, -0.05) is 11.6 Å². The van der Waals surface area contributed by atoms with E-state index in [0.29, 0.717) is 54.9 Å². The highest BCUT2D eigenvalue weighted by atomic mass is 35.5. The maximum atomic E-state index is 12.2. The predicted molar refractivity (Wildman–Crippen MR) is 108 cm³/mol. The van der Waals surface area contributed by atoms with Crippen LogP contribution in [-0.4, -0.2) is 74.1 Å². The summed E-state index contributed by atoms with van der Waals surface area (Å²) in [7, 11) is 1.49. The second kappa shape index (κ2) is 10.7. The van der Waals surface area contributed by atoms with Crippen molar-refractivity contribution in [3.63, 3.8) is 0 Å². The Morgan fingerprint density at radius 2 is 1.79 bits per heavy atom. The summed E-state index contributed by atoms with van der Waals surface area (Å²) in [5.41, 5.74) is 0.628. The Morgan fingerprint density at radius 1 is 1.14 bits per heavy atom. The predicted octanol–water partition coefficient (Wildman–Crippen LogP) is 1.99. The maximum absolute atomic E-state index is 12.2. The molecule has 2 rings (SSSR count). The van der Waals surface area contributed by atoms with Crippen molar-refractivity contribution in [3.8, 4) is 11.5 Å². The Bertz CT molecular complexity index is 787. The van der Waals surface area contributed by atoms with Gasteiger partial charge in [-0.25, -0.2) is 4.79 Å². The van der Waals surface area contributed by atoms with Crippen molar-refractivity contribution in [2.75, 3.05) is 46.5 Å². The molecule has 0 saturated carbocycles. The number of hydrogen-bond donors (Lipinski definition) is 0. The molecule has 0 unspecified atom stereocenters. The lowest BCUT2D eigenvalue weighted by molar-refractivity contribution is -0.149. The minimum absolute atomic E-state index is 0.0141. The van der Waals surface area contributed by atoms with Crippen LogP contribution in [0.2, 0.25) is 5.02 Å². The van der Waals surface area contributed by atoms with Gasteiger partial charge >= 0.3 is 5.97 Å². The van der Waals surface area contributed by atoms with Crippen molar-refractivity contribution in [2.24, 2.45) is 0 Å². The molecule has 9 heteroatoms. The number of piperazine rings is 1. The quantitative estimate of drug-likeness (QED) is 0.491. The highest BCUT2D eigenvalue weighted by molar-refractivity contribution is 6.32. The van der Waals surface area contributed by atoms with Gasteiger partial charge in [-0.3, -0.25) is 9.59 Å². The fraction of sp³-hybridized carbons (Fsp3) is 0.450. The van der Waals surface area contributed by atoms with E-state index in [-0.39, 0.29) is 18.4 Å². The molecule has 1 aliphatic heterocycles. The van der Waals surface area contributed by atoms with E-state index in [2.05, 4.69) is 0 Å². The second-order valence-corrected chi connectivity index (χ2v) is 6.70. The number of nitrogens with zero attached hydrogens (tertiary/aromatic N) is 2. The third-order valence-corrected chi connectivity index (χ3v) is 4.64. The Hall–Kier alpha value is -2.74. The molecule has 0 N–H and O–H groups in total. The van der Waals surface area contributed by atoms with Crippen molar-refractivity contribution < 1.29 is 28.6 Å². The van der Waals surface area contributed by atoms with Crippen molar-refractivity contribution in [1.82, 2.24) is 9.80 Å². The molecule has 0 atom stereocenters. The molecule has 1 heterocycles. The van der Waals surface area contributed by atoms with E-state index in [4.69, 9.17) is 25.8 Å². The number of rotatable bonds is 7. The summed E-state index contributed by atoms with van der Waals surface area (Å²) in [5.74, 6) is -0.0643. The molecular weight excluding hydrogens is 400 g/mol. The molecule has 0 aliphatic carbocycles. The van der Waals surface area contributed by atoms with E-state index in [1.54, 1.807) is 21.9 Å². The summed E-state index contributed by atoms with van der Waals surface area (Å²) < 4.78 is 15.7. The Morgan fingerprint density at radius 3 is 2.38 bits per heavy atom. The van der Waals surface area contributed by atoms with E-state index in [9.17, 15) is 14.4 Å². The largest absolute Gasteiger partial charge is 0.491 e. The Kier molecular flexibility index (Phi) is 8.33. The van der Waals surface area contributed by atoms with Crippen molar-refractivity contribution >= 4 is 35.5 Å². The summed E-state index contributed by atoms with van der Waals surface area (Å²) in [5, 5.41) is 0.353. The first-order valence-corrected chi connectivity index (χ1v) is 9.62. The maximum Gasteiger partial charge on any atom is 0.331 e. The highest BCUT2D eigenvalue weighted by Gasteiger charge is 2.22. The number of carbonyl (C=O) groups excluding carboxylic acids is 3. The van der Waals surface area contributed by atoms with E-state index in [1.165, 1.54) is 26.2 Å². The minimum atomic E-state index is -0.648. The third-order valence-electron chi connectivity index (χ3n) is 4.36. The lowest BCUT2D eigenvalue weighted by Crippen LogP contribution is -2.51. The summed E-state index contributed by atoms with van der Waals surface area (Å²) in [4.78, 5) is 38.7. The summed E-state index contributed by atoms with van der Waals surface area (Å²) in [6.07, 6.45) is 2.74. The normalized spacial score (nSPS) is 14.1. The van der Waals surface area contributed by atoms with Crippen LogP contribution in [0.4, 0.5) is 0 Å². The first kappa shape index (κ1) is 22.5. The summed E-state index contributed by atoms with van der Waals surface area (Å²) in [6.45, 7) is 5.24. The monoisotopic (exact) mass is 424 g/mol. The summed E-state index contributed by atoms with van der Waals surface area (Å²) >= 11 is 6.17. The fourth-order valence-corrected chi connectivity index (χ4v) is 3.15. The van der Waals surface area contributed by atoms with Crippen LogP contribution in [-0.2, 0) is 19.1 Å². The number of carbonyl (C=O) groups is 3. The number of benzene rings is 1. The number of ether oxygens (including phenoxy) is 3. The van der Waals surface area contributed by atoms with Crippen molar-refractivity contribution in [1.29, 1.82) is 0 Å². The first-order valence-electron chi connectivity index (χ1n) is 9.24. The van der Waals surface area contributed by atoms with Crippen LogP contribution >= 0.6 is 11.6 Å². The standard InChI is InChI=1S/C20H25ClN2O6/c1-4-28-17-12-15(11-16(21)20(17)27-3)5-6-19(26)29-13-18(25)23-9-7-22(8-10-23)14(2)24/h5-6,11-12H,4,7-10,13H2,1-3H3/b6-5+. The van der Waals surface area contributed by atoms with Gasteiger partial charge in [-0.15, -0.1) is 0 Å². The number of esters is 1. The van der Waals surface area contributed by atoms with Crippen LogP contribution in [0.25, 0.3) is 6.08 Å². The molecule has 8 nitrogen and oxygen atoms in total. The molecule has 1 fully saturated rings.